The molecule has 0 aliphatic carbocycles. The van der Waals surface area contributed by atoms with Crippen molar-refractivity contribution in [3.05, 3.63) is 29.3 Å². The smallest absolute Gasteiger partial charge is 0.231 e. The first-order chi connectivity index (χ1) is 13.3. The number of phenols is 1. The van der Waals surface area contributed by atoms with E-state index in [-0.39, 0.29) is 12.5 Å². The maximum absolute atomic E-state index is 10.4. The maximum Gasteiger partial charge on any atom is 0.231 e. The minimum absolute atomic E-state index is 0.224. The van der Waals surface area contributed by atoms with Gasteiger partial charge in [0.25, 0.3) is 0 Å². The number of aromatic nitrogens is 3. The molecule has 0 saturated carbocycles. The summed E-state index contributed by atoms with van der Waals surface area (Å²) in [6.07, 6.45) is 7.06. The summed E-state index contributed by atoms with van der Waals surface area (Å²) < 4.78 is 13.2. The first-order valence-corrected chi connectivity index (χ1v) is 10.0. The molecule has 3 aliphatic heterocycles. The number of aryl methyl sites for hydroxylation is 1. The third-order valence-electron chi connectivity index (χ3n) is 5.98. The van der Waals surface area contributed by atoms with Gasteiger partial charge in [0.15, 0.2) is 11.5 Å². The van der Waals surface area contributed by atoms with Crippen molar-refractivity contribution in [2.75, 3.05) is 19.9 Å². The number of fused-ring (bicyclic) bond motifs is 2. The van der Waals surface area contributed by atoms with Crippen LogP contribution >= 0.6 is 0 Å². The molecule has 1 aromatic carbocycles. The van der Waals surface area contributed by atoms with Crippen molar-refractivity contribution >= 4 is 0 Å². The van der Waals surface area contributed by atoms with Gasteiger partial charge >= 0.3 is 0 Å². The van der Waals surface area contributed by atoms with Gasteiger partial charge in [0.05, 0.1) is 0 Å². The molecule has 0 amide bonds. The van der Waals surface area contributed by atoms with Crippen LogP contribution in [-0.2, 0) is 19.5 Å². The van der Waals surface area contributed by atoms with Gasteiger partial charge in [-0.05, 0) is 38.3 Å². The lowest BCUT2D eigenvalue weighted by Gasteiger charge is -2.32. The molecule has 1 atom stereocenters. The Labute approximate surface area is 158 Å². The first-order valence-electron chi connectivity index (χ1n) is 10.0. The molecule has 2 aromatic rings. The van der Waals surface area contributed by atoms with Crippen LogP contribution < -0.4 is 9.47 Å². The second-order valence-corrected chi connectivity index (χ2v) is 7.85. The van der Waals surface area contributed by atoms with Crippen LogP contribution in [-0.4, -0.2) is 44.7 Å². The van der Waals surface area contributed by atoms with Crippen LogP contribution in [0.25, 0.3) is 0 Å². The second kappa shape index (κ2) is 7.03. The number of piperidine rings is 1. The zero-order valence-electron chi connectivity index (χ0n) is 15.6. The molecule has 1 N–H and O–H groups in total. The predicted octanol–water partition coefficient (Wildman–Crippen LogP) is 2.82. The molecule has 1 saturated heterocycles. The van der Waals surface area contributed by atoms with E-state index in [1.54, 1.807) is 6.07 Å². The number of likely N-dealkylation sites (tertiary alicyclic amines) is 1. The zero-order valence-corrected chi connectivity index (χ0v) is 15.6. The Morgan fingerprint density at radius 1 is 1.04 bits per heavy atom. The summed E-state index contributed by atoms with van der Waals surface area (Å²) >= 11 is 0. The molecule has 5 rings (SSSR count). The molecule has 7 heteroatoms. The zero-order chi connectivity index (χ0) is 18.2. The fourth-order valence-corrected chi connectivity index (χ4v) is 4.56. The van der Waals surface area contributed by atoms with Crippen molar-refractivity contribution in [3.63, 3.8) is 0 Å². The summed E-state index contributed by atoms with van der Waals surface area (Å²) in [4.78, 5) is 2.41. The van der Waals surface area contributed by atoms with Crippen molar-refractivity contribution in [1.82, 2.24) is 19.7 Å². The Morgan fingerprint density at radius 3 is 2.85 bits per heavy atom. The minimum Gasteiger partial charge on any atom is -0.507 e. The van der Waals surface area contributed by atoms with E-state index in [4.69, 9.17) is 9.47 Å². The van der Waals surface area contributed by atoms with E-state index in [0.717, 1.165) is 61.9 Å². The standard InChI is InChI=1S/C20H26N4O3/c25-16-10-18-17(26-13-27-18)9-15(16)12-23-7-4-5-14(11-23)20-22-21-19-6-2-1-3-8-24(19)20/h9-10,14,25H,1-8,11-13H2. The summed E-state index contributed by atoms with van der Waals surface area (Å²) in [7, 11) is 0. The van der Waals surface area contributed by atoms with Crippen LogP contribution in [0.1, 0.15) is 55.2 Å². The number of hydrogen-bond acceptors (Lipinski definition) is 6. The molecule has 1 fully saturated rings. The third-order valence-corrected chi connectivity index (χ3v) is 5.98. The molecular weight excluding hydrogens is 344 g/mol. The molecule has 0 bridgehead atoms. The molecule has 1 unspecified atom stereocenters. The van der Waals surface area contributed by atoms with Gasteiger partial charge in [-0.3, -0.25) is 4.90 Å². The van der Waals surface area contributed by atoms with Gasteiger partial charge in [-0.2, -0.15) is 0 Å². The quantitative estimate of drug-likeness (QED) is 0.896. The van der Waals surface area contributed by atoms with Crippen LogP contribution in [0.2, 0.25) is 0 Å². The number of aromatic hydroxyl groups is 1. The van der Waals surface area contributed by atoms with E-state index in [9.17, 15) is 5.11 Å². The molecule has 3 aliphatic rings. The molecule has 144 valence electrons. The lowest BCUT2D eigenvalue weighted by molar-refractivity contribution is 0.173. The Bertz CT molecular complexity index is 835. The molecule has 4 heterocycles. The van der Waals surface area contributed by atoms with E-state index in [0.29, 0.717) is 18.2 Å². The Kier molecular flexibility index (Phi) is 4.39. The number of nitrogens with zero attached hydrogens (tertiary/aromatic N) is 4. The van der Waals surface area contributed by atoms with E-state index in [1.165, 1.54) is 19.3 Å². The monoisotopic (exact) mass is 370 g/mol. The number of rotatable bonds is 3. The molecule has 0 spiro atoms. The fraction of sp³-hybridized carbons (Fsp3) is 0.600. The number of phenolic OH excluding ortho intramolecular Hbond substituents is 1. The van der Waals surface area contributed by atoms with Gasteiger partial charge in [0.2, 0.25) is 6.79 Å². The summed E-state index contributed by atoms with van der Waals surface area (Å²) in [6, 6.07) is 3.57. The van der Waals surface area contributed by atoms with Crippen LogP contribution in [0.5, 0.6) is 17.2 Å². The predicted molar refractivity (Wildman–Crippen MR) is 99.1 cm³/mol. The second-order valence-electron chi connectivity index (χ2n) is 7.85. The van der Waals surface area contributed by atoms with Gasteiger partial charge in [-0.15, -0.1) is 10.2 Å². The lowest BCUT2D eigenvalue weighted by Crippen LogP contribution is -2.35. The van der Waals surface area contributed by atoms with Crippen LogP contribution in [0.3, 0.4) is 0 Å². The number of hydrogen-bond donors (Lipinski definition) is 1. The van der Waals surface area contributed by atoms with Gasteiger partial charge in [0, 0.05) is 43.6 Å². The highest BCUT2D eigenvalue weighted by atomic mass is 16.7. The minimum atomic E-state index is 0.224. The molecule has 7 nitrogen and oxygen atoms in total. The van der Waals surface area contributed by atoms with Gasteiger partial charge in [-0.1, -0.05) is 6.42 Å². The highest BCUT2D eigenvalue weighted by molar-refractivity contribution is 5.51. The van der Waals surface area contributed by atoms with E-state index in [1.807, 2.05) is 6.07 Å². The Balaban J connectivity index is 1.33. The molecule has 27 heavy (non-hydrogen) atoms. The van der Waals surface area contributed by atoms with Crippen LogP contribution in [0.4, 0.5) is 0 Å². The van der Waals surface area contributed by atoms with Crippen molar-refractivity contribution in [2.24, 2.45) is 0 Å². The normalized spacial score (nSPS) is 22.4. The lowest BCUT2D eigenvalue weighted by atomic mass is 9.96. The van der Waals surface area contributed by atoms with E-state index < -0.39 is 0 Å². The molecule has 1 aromatic heterocycles. The number of ether oxygens (including phenoxy) is 2. The number of benzene rings is 1. The van der Waals surface area contributed by atoms with Crippen molar-refractivity contribution in [2.45, 2.75) is 57.5 Å². The average Bonchev–Trinajstić information content (AvgIpc) is 3.22. The summed E-state index contributed by atoms with van der Waals surface area (Å²) in [5.41, 5.74) is 0.889. The average molecular weight is 370 g/mol. The van der Waals surface area contributed by atoms with Gasteiger partial charge in [0.1, 0.15) is 17.4 Å². The van der Waals surface area contributed by atoms with Crippen molar-refractivity contribution < 1.29 is 14.6 Å². The largest absolute Gasteiger partial charge is 0.507 e. The Hall–Kier alpha value is -2.28. The van der Waals surface area contributed by atoms with Crippen LogP contribution in [0, 0.1) is 0 Å². The fourth-order valence-electron chi connectivity index (χ4n) is 4.56. The maximum atomic E-state index is 10.4. The first kappa shape index (κ1) is 16.9. The highest BCUT2D eigenvalue weighted by Gasteiger charge is 2.28. The summed E-state index contributed by atoms with van der Waals surface area (Å²) in [5, 5.41) is 19.4. The summed E-state index contributed by atoms with van der Waals surface area (Å²) in [5.74, 6) is 4.35. The molecular formula is C20H26N4O3. The van der Waals surface area contributed by atoms with Crippen molar-refractivity contribution in [1.29, 1.82) is 0 Å². The summed E-state index contributed by atoms with van der Waals surface area (Å²) in [6.45, 7) is 3.97. The van der Waals surface area contributed by atoms with Crippen LogP contribution in [0.15, 0.2) is 12.1 Å². The van der Waals surface area contributed by atoms with E-state index >= 15 is 0 Å². The SMILES string of the molecule is Oc1cc2c(cc1CN1CCCC(c3nnc4n3CCCCC4)C1)OCO2. The topological polar surface area (TPSA) is 72.6 Å². The van der Waals surface area contributed by atoms with Gasteiger partial charge in [-0.25, -0.2) is 0 Å². The van der Waals surface area contributed by atoms with E-state index in [2.05, 4.69) is 19.7 Å². The van der Waals surface area contributed by atoms with Gasteiger partial charge < -0.3 is 19.1 Å². The molecule has 0 radical (unpaired) electrons. The van der Waals surface area contributed by atoms with Crippen molar-refractivity contribution in [3.8, 4) is 17.2 Å². The third kappa shape index (κ3) is 3.25. The highest BCUT2D eigenvalue weighted by Crippen LogP contribution is 2.38. The Morgan fingerprint density at radius 2 is 1.93 bits per heavy atom.